The maximum Gasteiger partial charge on any atom is 0.211 e. The lowest BCUT2D eigenvalue weighted by Crippen LogP contribution is -2.30. The summed E-state index contributed by atoms with van der Waals surface area (Å²) in [6.45, 7) is 0.576. The summed E-state index contributed by atoms with van der Waals surface area (Å²) in [7, 11) is 0.691. The monoisotopic (exact) mass is 308 g/mol. The molecule has 0 N–H and O–H groups in total. The lowest BCUT2D eigenvalue weighted by Gasteiger charge is -2.23. The Bertz CT molecular complexity index is 766. The average Bonchev–Trinajstić information content (AvgIpc) is 3.05. The van der Waals surface area contributed by atoms with Crippen LogP contribution in [0.1, 0.15) is 24.6 Å². The standard InChI is InChI=1S/C14H20N4O2S/c1-16(2)14-13-7-4-8-17(13)10-11(15-14)12-6-5-9-18(12)21(3,19)20/h4,7-8,10,12H,5-6,9H2,1-3H3/t12-/m0/s1. The third-order valence-electron chi connectivity index (χ3n) is 3.91. The molecule has 3 heterocycles. The summed E-state index contributed by atoms with van der Waals surface area (Å²) >= 11 is 0. The second-order valence-corrected chi connectivity index (χ2v) is 7.65. The van der Waals surface area contributed by atoms with Gasteiger partial charge in [-0.25, -0.2) is 13.4 Å². The zero-order chi connectivity index (χ0) is 15.2. The molecule has 0 aliphatic carbocycles. The van der Waals surface area contributed by atoms with E-state index in [9.17, 15) is 8.42 Å². The summed E-state index contributed by atoms with van der Waals surface area (Å²) in [5.74, 6) is 0.859. The minimum Gasteiger partial charge on any atom is -0.361 e. The largest absolute Gasteiger partial charge is 0.361 e. The highest BCUT2D eigenvalue weighted by Gasteiger charge is 2.34. The van der Waals surface area contributed by atoms with Gasteiger partial charge in [-0.1, -0.05) is 0 Å². The van der Waals surface area contributed by atoms with Crippen LogP contribution in [-0.2, 0) is 10.0 Å². The van der Waals surface area contributed by atoms with Gasteiger partial charge < -0.3 is 9.30 Å². The summed E-state index contributed by atoms with van der Waals surface area (Å²) < 4.78 is 27.4. The molecule has 1 aliphatic rings. The molecule has 0 bridgehead atoms. The summed E-state index contributed by atoms with van der Waals surface area (Å²) in [5, 5.41) is 0. The van der Waals surface area contributed by atoms with Crippen LogP contribution in [0.2, 0.25) is 0 Å². The van der Waals surface area contributed by atoms with Gasteiger partial charge >= 0.3 is 0 Å². The number of hydrogen-bond donors (Lipinski definition) is 0. The van der Waals surface area contributed by atoms with Gasteiger partial charge in [0.25, 0.3) is 0 Å². The number of rotatable bonds is 3. The van der Waals surface area contributed by atoms with Gasteiger partial charge in [-0.05, 0) is 25.0 Å². The Morgan fingerprint density at radius 3 is 2.81 bits per heavy atom. The van der Waals surface area contributed by atoms with Crippen molar-refractivity contribution in [1.29, 1.82) is 0 Å². The smallest absolute Gasteiger partial charge is 0.211 e. The van der Waals surface area contributed by atoms with E-state index in [2.05, 4.69) is 0 Å². The molecule has 3 rings (SSSR count). The van der Waals surface area contributed by atoms with Crippen LogP contribution in [0, 0.1) is 0 Å². The summed E-state index contributed by atoms with van der Waals surface area (Å²) in [4.78, 5) is 6.67. The van der Waals surface area contributed by atoms with E-state index in [1.807, 2.05) is 47.9 Å². The lowest BCUT2D eigenvalue weighted by atomic mass is 10.1. The average molecular weight is 308 g/mol. The molecule has 0 unspecified atom stereocenters. The van der Waals surface area contributed by atoms with Crippen molar-refractivity contribution >= 4 is 21.4 Å². The van der Waals surface area contributed by atoms with Crippen molar-refractivity contribution in [2.45, 2.75) is 18.9 Å². The van der Waals surface area contributed by atoms with Crippen molar-refractivity contribution < 1.29 is 8.42 Å². The van der Waals surface area contributed by atoms with E-state index in [1.165, 1.54) is 6.26 Å². The minimum atomic E-state index is -3.20. The number of nitrogens with zero attached hydrogens (tertiary/aromatic N) is 4. The SMILES string of the molecule is CN(C)c1nc([C@@H]2CCCN2S(C)(=O)=O)cn2cccc12. The molecule has 2 aromatic rings. The highest BCUT2D eigenvalue weighted by atomic mass is 32.2. The highest BCUT2D eigenvalue weighted by molar-refractivity contribution is 7.88. The number of anilines is 1. The van der Waals surface area contributed by atoms with E-state index in [4.69, 9.17) is 4.98 Å². The number of aromatic nitrogens is 2. The summed E-state index contributed by atoms with van der Waals surface area (Å²) in [6, 6.07) is 3.82. The molecule has 1 saturated heterocycles. The maximum atomic E-state index is 11.9. The zero-order valence-electron chi connectivity index (χ0n) is 12.5. The molecule has 0 saturated carbocycles. The molecule has 1 atom stereocenters. The van der Waals surface area contributed by atoms with Crippen LogP contribution < -0.4 is 4.90 Å². The van der Waals surface area contributed by atoms with Crippen LogP contribution in [0.4, 0.5) is 5.82 Å². The van der Waals surface area contributed by atoms with Crippen molar-refractivity contribution in [1.82, 2.24) is 13.7 Å². The molecule has 0 aromatic carbocycles. The van der Waals surface area contributed by atoms with E-state index in [1.54, 1.807) is 4.31 Å². The predicted octanol–water partition coefficient (Wildman–Crippen LogP) is 1.50. The molecule has 21 heavy (non-hydrogen) atoms. The molecular formula is C14H20N4O2S. The van der Waals surface area contributed by atoms with E-state index in [-0.39, 0.29) is 6.04 Å². The lowest BCUT2D eigenvalue weighted by molar-refractivity contribution is 0.393. The van der Waals surface area contributed by atoms with Crippen molar-refractivity contribution in [3.63, 3.8) is 0 Å². The fraction of sp³-hybridized carbons (Fsp3) is 0.500. The second kappa shape index (κ2) is 4.99. The van der Waals surface area contributed by atoms with Crippen molar-refractivity contribution in [2.75, 3.05) is 31.8 Å². The highest BCUT2D eigenvalue weighted by Crippen LogP contribution is 2.34. The summed E-state index contributed by atoms with van der Waals surface area (Å²) in [5.41, 5.74) is 1.83. The van der Waals surface area contributed by atoms with Gasteiger partial charge in [-0.3, -0.25) is 0 Å². The first-order valence-corrected chi connectivity index (χ1v) is 8.84. The molecule has 7 heteroatoms. The van der Waals surface area contributed by atoms with E-state index in [0.29, 0.717) is 6.54 Å². The van der Waals surface area contributed by atoms with Crippen LogP contribution in [0.5, 0.6) is 0 Å². The van der Waals surface area contributed by atoms with Gasteiger partial charge in [0.2, 0.25) is 10.0 Å². The fourth-order valence-electron chi connectivity index (χ4n) is 2.97. The number of fused-ring (bicyclic) bond motifs is 1. The molecule has 0 amide bonds. The molecule has 0 radical (unpaired) electrons. The molecule has 1 fully saturated rings. The molecule has 6 nitrogen and oxygen atoms in total. The summed E-state index contributed by atoms with van der Waals surface area (Å²) in [6.07, 6.45) is 6.87. The Kier molecular flexibility index (Phi) is 3.41. The van der Waals surface area contributed by atoms with Crippen LogP contribution in [-0.4, -0.2) is 49.0 Å². The Labute approximate surface area is 125 Å². The van der Waals surface area contributed by atoms with Crippen molar-refractivity contribution in [3.05, 3.63) is 30.2 Å². The first-order valence-electron chi connectivity index (χ1n) is 6.99. The van der Waals surface area contributed by atoms with Gasteiger partial charge in [0, 0.05) is 33.0 Å². The quantitative estimate of drug-likeness (QED) is 0.862. The normalized spacial score (nSPS) is 20.2. The Hall–Kier alpha value is -1.60. The third kappa shape index (κ3) is 2.51. The van der Waals surface area contributed by atoms with Crippen LogP contribution in [0.3, 0.4) is 0 Å². The zero-order valence-corrected chi connectivity index (χ0v) is 13.3. The number of sulfonamides is 1. The molecule has 114 valence electrons. The molecular weight excluding hydrogens is 288 g/mol. The van der Waals surface area contributed by atoms with E-state index in [0.717, 1.165) is 29.9 Å². The maximum absolute atomic E-state index is 11.9. The van der Waals surface area contributed by atoms with E-state index >= 15 is 0 Å². The van der Waals surface area contributed by atoms with Gasteiger partial charge in [0.1, 0.15) is 0 Å². The molecule has 2 aromatic heterocycles. The van der Waals surface area contributed by atoms with Gasteiger partial charge in [-0.15, -0.1) is 0 Å². The van der Waals surface area contributed by atoms with Crippen molar-refractivity contribution in [2.24, 2.45) is 0 Å². The first kappa shape index (κ1) is 14.3. The Balaban J connectivity index is 2.12. The van der Waals surface area contributed by atoms with E-state index < -0.39 is 10.0 Å². The Morgan fingerprint density at radius 1 is 1.38 bits per heavy atom. The fourth-order valence-corrected chi connectivity index (χ4v) is 4.11. The minimum absolute atomic E-state index is 0.162. The van der Waals surface area contributed by atoms with Crippen LogP contribution in [0.25, 0.3) is 5.52 Å². The second-order valence-electron chi connectivity index (χ2n) is 5.72. The van der Waals surface area contributed by atoms with Gasteiger partial charge in [0.15, 0.2) is 5.82 Å². The number of hydrogen-bond acceptors (Lipinski definition) is 4. The first-order chi connectivity index (χ1) is 9.88. The van der Waals surface area contributed by atoms with Gasteiger partial charge in [-0.2, -0.15) is 4.31 Å². The van der Waals surface area contributed by atoms with Crippen LogP contribution in [0.15, 0.2) is 24.5 Å². The predicted molar refractivity (Wildman–Crippen MR) is 83.0 cm³/mol. The molecule has 0 spiro atoms. The Morgan fingerprint density at radius 2 is 2.14 bits per heavy atom. The topological polar surface area (TPSA) is 57.9 Å². The third-order valence-corrected chi connectivity index (χ3v) is 5.20. The van der Waals surface area contributed by atoms with Crippen molar-refractivity contribution in [3.8, 4) is 0 Å². The molecule has 1 aliphatic heterocycles. The van der Waals surface area contributed by atoms with Crippen LogP contribution >= 0.6 is 0 Å². The van der Waals surface area contributed by atoms with Gasteiger partial charge in [0.05, 0.1) is 23.5 Å².